The van der Waals surface area contributed by atoms with E-state index in [1.54, 1.807) is 25.3 Å². The third-order valence-corrected chi connectivity index (χ3v) is 11.7. The van der Waals surface area contributed by atoms with Gasteiger partial charge in [0, 0.05) is 37.9 Å². The van der Waals surface area contributed by atoms with E-state index in [-0.39, 0.29) is 36.7 Å². The molecule has 1 aromatic rings. The minimum absolute atomic E-state index is 0.0402. The Morgan fingerprint density at radius 3 is 2.70 bits per heavy atom. The Balaban J connectivity index is 1.76. The number of halogens is 1. The van der Waals surface area contributed by atoms with Gasteiger partial charge >= 0.3 is 0 Å². The molecule has 0 aromatic heterocycles. The van der Waals surface area contributed by atoms with Gasteiger partial charge in [0.25, 0.3) is 5.91 Å². The number of anilines is 1. The van der Waals surface area contributed by atoms with E-state index in [0.717, 1.165) is 62.0 Å². The first-order chi connectivity index (χ1) is 22.6. The van der Waals surface area contributed by atoms with Crippen molar-refractivity contribution in [2.75, 3.05) is 58.6 Å². The number of rotatable bonds is 7. The van der Waals surface area contributed by atoms with Crippen LogP contribution in [0, 0.1) is 17.8 Å². The highest BCUT2D eigenvalue weighted by molar-refractivity contribution is 7.90. The van der Waals surface area contributed by atoms with Crippen LogP contribution in [0.1, 0.15) is 62.7 Å². The maximum absolute atomic E-state index is 13.6. The van der Waals surface area contributed by atoms with Crippen molar-refractivity contribution in [1.29, 1.82) is 0 Å². The van der Waals surface area contributed by atoms with Gasteiger partial charge in [-0.2, -0.15) is 0 Å². The fourth-order valence-electron chi connectivity index (χ4n) is 6.51. The zero-order valence-corrected chi connectivity index (χ0v) is 29.8. The number of nitrogens with one attached hydrogen (secondary N) is 1. The summed E-state index contributed by atoms with van der Waals surface area (Å²) in [5.74, 6) is 0.262. The summed E-state index contributed by atoms with van der Waals surface area (Å²) in [5, 5.41) is -0.273. The Hall–Kier alpha value is -2.63. The number of amides is 1. The fraction of sp³-hybridized carbons (Fsp3) is 0.583. The molecular weight excluding hydrogens is 640 g/mol. The number of hydrogen-bond donors (Lipinski definition) is 1. The topological polar surface area (TPSA) is 103 Å². The number of allylic oxidation sites excluding steroid dienone is 4. The molecule has 1 N–H and O–H groups in total. The molecule has 0 spiro atoms. The van der Waals surface area contributed by atoms with Gasteiger partial charge in [0.05, 0.1) is 31.6 Å². The highest BCUT2D eigenvalue weighted by Crippen LogP contribution is 2.42. The molecule has 1 aromatic carbocycles. The molecule has 1 fully saturated rings. The van der Waals surface area contributed by atoms with Gasteiger partial charge in [-0.15, -0.1) is 0 Å². The van der Waals surface area contributed by atoms with Gasteiger partial charge in [-0.25, -0.2) is 13.1 Å². The summed E-state index contributed by atoms with van der Waals surface area (Å²) in [6.07, 6.45) is 13.0. The van der Waals surface area contributed by atoms with E-state index >= 15 is 0 Å². The molecule has 0 radical (unpaired) electrons. The summed E-state index contributed by atoms with van der Waals surface area (Å²) in [5.41, 5.74) is 2.90. The van der Waals surface area contributed by atoms with Crippen LogP contribution in [-0.2, 0) is 24.2 Å². The molecule has 2 heterocycles. The predicted molar refractivity (Wildman–Crippen MR) is 188 cm³/mol. The van der Waals surface area contributed by atoms with E-state index in [1.807, 2.05) is 32.1 Å². The third kappa shape index (κ3) is 9.95. The lowest BCUT2D eigenvalue weighted by molar-refractivity contribution is -0.0308. The predicted octanol–water partition coefficient (Wildman–Crippen LogP) is 6.41. The largest absolute Gasteiger partial charge is 0.487 e. The average molecular weight is 691 g/mol. The number of carbonyl (C=O) groups excluding carboxylic acids is 1. The molecular formula is C36H51ClN2O7S. The van der Waals surface area contributed by atoms with Gasteiger partial charge in [0.2, 0.25) is 10.0 Å². The average Bonchev–Trinajstić information content (AvgIpc) is 3.05. The van der Waals surface area contributed by atoms with Gasteiger partial charge in [-0.1, -0.05) is 43.3 Å². The highest BCUT2D eigenvalue weighted by Gasteiger charge is 2.39. The molecule has 260 valence electrons. The van der Waals surface area contributed by atoms with Crippen molar-refractivity contribution >= 4 is 33.2 Å². The lowest BCUT2D eigenvalue weighted by atomic mass is 9.70. The maximum atomic E-state index is 13.6. The first-order valence-corrected chi connectivity index (χ1v) is 18.5. The third-order valence-electron chi connectivity index (χ3n) is 9.51. The Morgan fingerprint density at radius 1 is 1.19 bits per heavy atom. The van der Waals surface area contributed by atoms with Crippen LogP contribution in [0.2, 0.25) is 0 Å². The molecule has 1 amide bonds. The summed E-state index contributed by atoms with van der Waals surface area (Å²) in [4.78, 5) is 15.8. The molecule has 2 bridgehead atoms. The minimum Gasteiger partial charge on any atom is -0.487 e. The maximum Gasteiger partial charge on any atom is 0.264 e. The van der Waals surface area contributed by atoms with Crippen molar-refractivity contribution in [3.63, 3.8) is 0 Å². The number of ether oxygens (including phenoxy) is 4. The standard InChI is InChI=1S/C36H51ClN2O7S/c1-6-30(37)20-27-11-7-8-17-39-22-29-13-15-31(29)33(45-19-18-43-4)12-9-10-25(2)35(24-44-5)47(41,42)38-36(40)28-14-16-34(32(39)21-28)46-23-26(27)3/h6,9,12,14,16,20-21,25,29,31,33,35H,3,7-8,10-11,13,15,17-19,22-24H2,1-2,4-5H3,(H,38,40)/b12-9+,27-20-,30-6+/t25-,29-,31+,33-,35+/m0/s1. The number of methoxy groups -OCH3 is 2. The molecule has 9 nitrogen and oxygen atoms in total. The quantitative estimate of drug-likeness (QED) is 0.259. The van der Waals surface area contributed by atoms with Crippen LogP contribution < -0.4 is 14.4 Å². The zero-order valence-electron chi connectivity index (χ0n) is 28.2. The molecule has 11 heteroatoms. The van der Waals surface area contributed by atoms with Crippen LogP contribution in [0.5, 0.6) is 5.75 Å². The smallest absolute Gasteiger partial charge is 0.264 e. The summed E-state index contributed by atoms with van der Waals surface area (Å²) >= 11 is 6.38. The molecule has 2 aliphatic heterocycles. The molecule has 0 saturated heterocycles. The van der Waals surface area contributed by atoms with Crippen LogP contribution >= 0.6 is 11.6 Å². The van der Waals surface area contributed by atoms with Gasteiger partial charge in [0.1, 0.15) is 17.6 Å². The minimum atomic E-state index is -4.07. The number of fused-ring (bicyclic) bond motifs is 2. The first-order valence-electron chi connectivity index (χ1n) is 16.6. The Labute approximate surface area is 286 Å². The van der Waals surface area contributed by atoms with Crippen molar-refractivity contribution in [3.8, 4) is 5.75 Å². The van der Waals surface area contributed by atoms with E-state index in [9.17, 15) is 13.2 Å². The molecule has 4 rings (SSSR count). The second-order valence-electron chi connectivity index (χ2n) is 12.8. The summed E-state index contributed by atoms with van der Waals surface area (Å²) in [6, 6.07) is 5.13. The van der Waals surface area contributed by atoms with Gasteiger partial charge in [-0.3, -0.25) is 4.79 Å². The van der Waals surface area contributed by atoms with Crippen molar-refractivity contribution in [2.24, 2.45) is 17.8 Å². The summed E-state index contributed by atoms with van der Waals surface area (Å²) in [7, 11) is -0.946. The van der Waals surface area contributed by atoms with Gasteiger partial charge in [0.15, 0.2) is 0 Å². The van der Waals surface area contributed by atoms with E-state index in [4.69, 9.17) is 30.5 Å². The fourth-order valence-corrected chi connectivity index (χ4v) is 8.21. The van der Waals surface area contributed by atoms with Crippen molar-refractivity contribution in [2.45, 2.75) is 63.7 Å². The van der Waals surface area contributed by atoms with E-state index < -0.39 is 21.2 Å². The van der Waals surface area contributed by atoms with Crippen molar-refractivity contribution in [1.82, 2.24) is 4.72 Å². The first kappa shape index (κ1) is 37.2. The second-order valence-corrected chi connectivity index (χ2v) is 15.1. The van der Waals surface area contributed by atoms with E-state index in [1.165, 1.54) is 7.11 Å². The van der Waals surface area contributed by atoms with Crippen LogP contribution in [0.4, 0.5) is 5.69 Å². The number of sulfonamides is 1. The molecule has 5 atom stereocenters. The molecule has 47 heavy (non-hydrogen) atoms. The van der Waals surface area contributed by atoms with Crippen LogP contribution in [0.25, 0.3) is 0 Å². The zero-order chi connectivity index (χ0) is 34.0. The van der Waals surface area contributed by atoms with Gasteiger partial charge < -0.3 is 23.8 Å². The lowest BCUT2D eigenvalue weighted by Gasteiger charge is -2.44. The molecule has 1 saturated carbocycles. The number of carbonyl (C=O) groups is 1. The summed E-state index contributed by atoms with van der Waals surface area (Å²) < 4.78 is 52.8. The molecule has 0 unspecified atom stereocenters. The summed E-state index contributed by atoms with van der Waals surface area (Å²) in [6.45, 7) is 10.7. The highest BCUT2D eigenvalue weighted by atomic mass is 35.5. The molecule has 3 aliphatic rings. The monoisotopic (exact) mass is 690 g/mol. The SMILES string of the molecule is C=C1COc2ccc3cc2N(CCCC/C1=C/C(Cl)=C\C)C[C@@H]1CC[C@H]1[C@@H](OCCOC)/C=C/C[C@H](C)[C@@H](COC)S(=O)(=O)NC3=O. The Morgan fingerprint density at radius 2 is 2.00 bits per heavy atom. The van der Waals surface area contributed by atoms with E-state index in [0.29, 0.717) is 36.3 Å². The van der Waals surface area contributed by atoms with Crippen LogP contribution in [0.3, 0.4) is 0 Å². The second kappa shape index (κ2) is 17.7. The lowest BCUT2D eigenvalue weighted by Crippen LogP contribution is -2.45. The Kier molecular flexibility index (Phi) is 14.0. The Bertz CT molecular complexity index is 1440. The van der Waals surface area contributed by atoms with Crippen LogP contribution in [-0.4, -0.2) is 79.4 Å². The number of nitrogens with zero attached hydrogens (tertiary/aromatic N) is 1. The van der Waals surface area contributed by atoms with Crippen molar-refractivity contribution in [3.05, 3.63) is 70.8 Å². The van der Waals surface area contributed by atoms with E-state index in [2.05, 4.69) is 22.3 Å². The van der Waals surface area contributed by atoms with Gasteiger partial charge in [-0.05, 0) is 98.6 Å². The number of benzene rings is 1. The number of hydrogen-bond acceptors (Lipinski definition) is 8. The normalized spacial score (nSPS) is 29.1. The molecule has 1 aliphatic carbocycles. The van der Waals surface area contributed by atoms with Crippen molar-refractivity contribution < 1.29 is 32.2 Å². The van der Waals surface area contributed by atoms with Crippen LogP contribution in [0.15, 0.2) is 65.3 Å².